The Morgan fingerprint density at radius 1 is 1.06 bits per heavy atom. The number of nitrogens with zero attached hydrogens (tertiary/aromatic N) is 4. The quantitative estimate of drug-likeness (QED) is 0.599. The van der Waals surface area contributed by atoms with Gasteiger partial charge in [-0.15, -0.1) is 11.8 Å². The summed E-state index contributed by atoms with van der Waals surface area (Å²) < 4.78 is 26.0. The number of thioether (sulfide) groups is 1. The molecule has 11 heteroatoms. The molecule has 1 amide bonds. The maximum absolute atomic E-state index is 13.0. The van der Waals surface area contributed by atoms with E-state index >= 15 is 0 Å². The molecule has 0 aromatic heterocycles. The first-order valence-electron chi connectivity index (χ1n) is 9.38. The Morgan fingerprint density at radius 3 is 2.06 bits per heavy atom. The number of hydrogen-bond acceptors (Lipinski definition) is 9. The molecule has 164 valence electrons. The zero-order valence-corrected chi connectivity index (χ0v) is 18.9. The summed E-state index contributed by atoms with van der Waals surface area (Å²) in [5.41, 5.74) is 0.753. The third-order valence-electron chi connectivity index (χ3n) is 4.84. The fourth-order valence-corrected chi connectivity index (χ4v) is 4.92. The van der Waals surface area contributed by atoms with Crippen LogP contribution in [-0.4, -0.2) is 26.4 Å². The predicted molar refractivity (Wildman–Crippen MR) is 123 cm³/mol. The summed E-state index contributed by atoms with van der Waals surface area (Å²) in [5, 5.41) is 38.3. The van der Waals surface area contributed by atoms with Crippen LogP contribution in [0.15, 0.2) is 68.9 Å². The van der Waals surface area contributed by atoms with Crippen molar-refractivity contribution in [3.63, 3.8) is 0 Å². The molecule has 1 aliphatic heterocycles. The SMILES string of the molecule is CSC(Nc1ccc(S(=O)(=O)c2ccc(N3C(=N)C(C#N)CC3=O)cc2)cc1)=C(C#N)C#N. The normalized spacial score (nSPS) is 15.3. The topological polar surface area (TPSA) is 162 Å². The standard InChI is InChI=1S/C22H16N6O3S2/c1-32-22(15(12-24)13-25)27-16-2-6-18(7-3-16)33(30,31)19-8-4-17(5-9-19)28-20(29)10-14(11-23)21(28)26/h2-9,14,26-27H,10H2,1H3. The van der Waals surface area contributed by atoms with Gasteiger partial charge in [-0.3, -0.25) is 15.1 Å². The lowest BCUT2D eigenvalue weighted by atomic mass is 10.1. The lowest BCUT2D eigenvalue weighted by molar-refractivity contribution is -0.117. The van der Waals surface area contributed by atoms with E-state index in [9.17, 15) is 13.2 Å². The van der Waals surface area contributed by atoms with Crippen LogP contribution in [0.2, 0.25) is 0 Å². The van der Waals surface area contributed by atoms with Gasteiger partial charge in [-0.25, -0.2) is 8.42 Å². The summed E-state index contributed by atoms with van der Waals surface area (Å²) in [7, 11) is -3.86. The van der Waals surface area contributed by atoms with Gasteiger partial charge < -0.3 is 5.32 Å². The minimum absolute atomic E-state index is 0.00270. The molecule has 1 unspecified atom stereocenters. The highest BCUT2D eigenvalue weighted by molar-refractivity contribution is 8.02. The van der Waals surface area contributed by atoms with Crippen LogP contribution in [0, 0.1) is 45.3 Å². The highest BCUT2D eigenvalue weighted by Crippen LogP contribution is 2.29. The predicted octanol–water partition coefficient (Wildman–Crippen LogP) is 3.41. The zero-order valence-electron chi connectivity index (χ0n) is 17.2. The molecule has 0 spiro atoms. The summed E-state index contributed by atoms with van der Waals surface area (Å²) >= 11 is 1.19. The van der Waals surface area contributed by atoms with E-state index in [1.807, 2.05) is 6.07 Å². The molecule has 2 N–H and O–H groups in total. The first-order chi connectivity index (χ1) is 15.8. The molecule has 2 aromatic carbocycles. The fraction of sp³-hybridized carbons (Fsp3) is 0.136. The summed E-state index contributed by atoms with van der Waals surface area (Å²) in [6.07, 6.45) is 1.63. The number of anilines is 2. The maximum atomic E-state index is 13.0. The molecule has 1 fully saturated rings. The van der Waals surface area contributed by atoms with Gasteiger partial charge in [-0.1, -0.05) is 0 Å². The van der Waals surface area contributed by atoms with E-state index in [0.717, 1.165) is 4.90 Å². The first kappa shape index (κ1) is 23.6. The van der Waals surface area contributed by atoms with Crippen LogP contribution in [0.25, 0.3) is 0 Å². The van der Waals surface area contributed by atoms with Gasteiger partial charge in [0.15, 0.2) is 5.57 Å². The fourth-order valence-electron chi connectivity index (χ4n) is 3.14. The second kappa shape index (κ2) is 9.58. The van der Waals surface area contributed by atoms with E-state index in [2.05, 4.69) is 5.32 Å². The number of nitrogens with one attached hydrogen (secondary N) is 2. The van der Waals surface area contributed by atoms with E-state index in [1.165, 1.54) is 60.3 Å². The largest absolute Gasteiger partial charge is 0.349 e. The molecule has 3 rings (SSSR count). The van der Waals surface area contributed by atoms with Crippen LogP contribution in [0.3, 0.4) is 0 Å². The third kappa shape index (κ3) is 4.58. The van der Waals surface area contributed by atoms with Gasteiger partial charge in [-0.2, -0.15) is 15.8 Å². The minimum atomic E-state index is -3.86. The number of amides is 1. The van der Waals surface area contributed by atoms with Gasteiger partial charge in [0.2, 0.25) is 15.7 Å². The number of amidine groups is 1. The van der Waals surface area contributed by atoms with Gasteiger partial charge in [0, 0.05) is 5.69 Å². The summed E-state index contributed by atoms with van der Waals surface area (Å²) in [5.74, 6) is -1.33. The minimum Gasteiger partial charge on any atom is -0.349 e. The molecule has 0 aliphatic carbocycles. The van der Waals surface area contributed by atoms with Crippen LogP contribution in [0.4, 0.5) is 11.4 Å². The molecule has 1 saturated heterocycles. The van der Waals surface area contributed by atoms with Crippen LogP contribution in [-0.2, 0) is 14.6 Å². The van der Waals surface area contributed by atoms with Crippen LogP contribution in [0.5, 0.6) is 0 Å². The van der Waals surface area contributed by atoms with Crippen molar-refractivity contribution in [3.8, 4) is 18.2 Å². The molecule has 1 aliphatic rings. The molecule has 1 heterocycles. The van der Waals surface area contributed by atoms with Crippen molar-refractivity contribution < 1.29 is 13.2 Å². The van der Waals surface area contributed by atoms with Gasteiger partial charge in [0.25, 0.3) is 0 Å². The Labute approximate surface area is 195 Å². The first-order valence-corrected chi connectivity index (χ1v) is 12.1. The van der Waals surface area contributed by atoms with Crippen molar-refractivity contribution in [2.45, 2.75) is 16.2 Å². The van der Waals surface area contributed by atoms with Crippen molar-refractivity contribution in [1.82, 2.24) is 0 Å². The van der Waals surface area contributed by atoms with Crippen LogP contribution >= 0.6 is 11.8 Å². The third-order valence-corrected chi connectivity index (χ3v) is 7.34. The van der Waals surface area contributed by atoms with Crippen LogP contribution in [0.1, 0.15) is 6.42 Å². The van der Waals surface area contributed by atoms with Gasteiger partial charge in [0.05, 0.1) is 28.0 Å². The lowest BCUT2D eigenvalue weighted by Crippen LogP contribution is -2.29. The molecule has 0 radical (unpaired) electrons. The Bertz CT molecular complexity index is 1360. The molecule has 33 heavy (non-hydrogen) atoms. The Kier molecular flexibility index (Phi) is 6.83. The van der Waals surface area contributed by atoms with E-state index in [4.69, 9.17) is 21.2 Å². The van der Waals surface area contributed by atoms with Gasteiger partial charge in [-0.05, 0) is 54.8 Å². The number of nitriles is 3. The number of rotatable bonds is 6. The van der Waals surface area contributed by atoms with Gasteiger partial charge >= 0.3 is 0 Å². The van der Waals surface area contributed by atoms with E-state index in [0.29, 0.717) is 16.4 Å². The summed E-state index contributed by atoms with van der Waals surface area (Å²) in [6, 6.07) is 16.9. The van der Waals surface area contributed by atoms with Gasteiger partial charge in [0.1, 0.15) is 28.9 Å². The lowest BCUT2D eigenvalue weighted by Gasteiger charge is -2.16. The number of hydrogen-bond donors (Lipinski definition) is 2. The average molecular weight is 477 g/mol. The van der Waals surface area contributed by atoms with Crippen molar-refractivity contribution in [1.29, 1.82) is 21.2 Å². The highest BCUT2D eigenvalue weighted by atomic mass is 32.2. The molecule has 0 bridgehead atoms. The van der Waals surface area contributed by atoms with Crippen molar-refractivity contribution in [2.75, 3.05) is 16.5 Å². The monoisotopic (exact) mass is 476 g/mol. The highest BCUT2D eigenvalue weighted by Gasteiger charge is 2.36. The Morgan fingerprint density at radius 2 is 1.61 bits per heavy atom. The molecule has 0 saturated carbocycles. The van der Waals surface area contributed by atoms with E-state index < -0.39 is 15.8 Å². The second-order valence-electron chi connectivity index (χ2n) is 6.78. The second-order valence-corrected chi connectivity index (χ2v) is 9.54. The number of sulfone groups is 1. The molecular formula is C22H16N6O3S2. The van der Waals surface area contributed by atoms with Crippen molar-refractivity contribution in [3.05, 3.63) is 59.1 Å². The van der Waals surface area contributed by atoms with E-state index in [1.54, 1.807) is 18.4 Å². The maximum Gasteiger partial charge on any atom is 0.234 e. The Hall–Kier alpha value is -4.11. The van der Waals surface area contributed by atoms with E-state index in [-0.39, 0.29) is 33.5 Å². The molecule has 9 nitrogen and oxygen atoms in total. The Balaban J connectivity index is 1.84. The van der Waals surface area contributed by atoms with Crippen molar-refractivity contribution >= 4 is 44.7 Å². The molecule has 2 aromatic rings. The number of carbonyl (C=O) groups excluding carboxylic acids is 1. The number of benzene rings is 2. The average Bonchev–Trinajstić information content (AvgIpc) is 3.12. The number of carbonyl (C=O) groups is 1. The molecule has 1 atom stereocenters. The molecular weight excluding hydrogens is 460 g/mol. The zero-order chi connectivity index (χ0) is 24.2. The smallest absolute Gasteiger partial charge is 0.234 e. The van der Waals surface area contributed by atoms with Crippen LogP contribution < -0.4 is 10.2 Å². The summed E-state index contributed by atoms with van der Waals surface area (Å²) in [4.78, 5) is 13.3. The number of allylic oxidation sites excluding steroid dienone is 1. The summed E-state index contributed by atoms with van der Waals surface area (Å²) in [6.45, 7) is 0. The van der Waals surface area contributed by atoms with Crippen molar-refractivity contribution in [2.24, 2.45) is 5.92 Å².